The van der Waals surface area contributed by atoms with E-state index in [1.54, 1.807) is 0 Å². The summed E-state index contributed by atoms with van der Waals surface area (Å²) in [5.74, 6) is 0.0598. The van der Waals surface area contributed by atoms with E-state index in [9.17, 15) is 13.2 Å². The Labute approximate surface area is 105 Å². The summed E-state index contributed by atoms with van der Waals surface area (Å²) in [6.07, 6.45) is 4.75. The standard InChI is InChI=1S/C10H15N3O4S/c14-5-4-13(9-1-6-18(16,17)7-9)10(15)12-3-2-11-8-12/h2-3,8-9,14H,1,4-7H2. The van der Waals surface area contributed by atoms with Crippen LogP contribution in [0.3, 0.4) is 0 Å². The summed E-state index contributed by atoms with van der Waals surface area (Å²) >= 11 is 0. The molecule has 0 radical (unpaired) electrons. The van der Waals surface area contributed by atoms with Crippen molar-refractivity contribution in [1.82, 2.24) is 14.5 Å². The van der Waals surface area contributed by atoms with Gasteiger partial charge in [-0.05, 0) is 6.42 Å². The Balaban J connectivity index is 2.16. The molecule has 1 aliphatic heterocycles. The molecule has 2 heterocycles. The van der Waals surface area contributed by atoms with Gasteiger partial charge >= 0.3 is 6.03 Å². The highest BCUT2D eigenvalue weighted by molar-refractivity contribution is 7.91. The fourth-order valence-electron chi connectivity index (χ4n) is 2.08. The minimum atomic E-state index is -3.06. The van der Waals surface area contributed by atoms with Crippen LogP contribution in [0.1, 0.15) is 6.42 Å². The molecule has 0 saturated carbocycles. The van der Waals surface area contributed by atoms with E-state index >= 15 is 0 Å². The van der Waals surface area contributed by atoms with Crippen molar-refractivity contribution in [3.05, 3.63) is 18.7 Å². The zero-order valence-electron chi connectivity index (χ0n) is 9.77. The number of hydrogen-bond donors (Lipinski definition) is 1. The van der Waals surface area contributed by atoms with E-state index < -0.39 is 9.84 Å². The van der Waals surface area contributed by atoms with Gasteiger partial charge in [0.2, 0.25) is 0 Å². The zero-order valence-corrected chi connectivity index (χ0v) is 10.6. The van der Waals surface area contributed by atoms with Crippen LogP contribution in [0.15, 0.2) is 18.7 Å². The van der Waals surface area contributed by atoms with Crippen molar-refractivity contribution in [2.75, 3.05) is 24.7 Å². The molecule has 1 aromatic heterocycles. The summed E-state index contributed by atoms with van der Waals surface area (Å²) in [7, 11) is -3.06. The van der Waals surface area contributed by atoms with Crippen LogP contribution in [0.25, 0.3) is 0 Å². The van der Waals surface area contributed by atoms with Crippen molar-refractivity contribution < 1.29 is 18.3 Å². The summed E-state index contributed by atoms with van der Waals surface area (Å²) < 4.78 is 24.2. The number of rotatable bonds is 3. The molecule has 1 saturated heterocycles. The molecular weight excluding hydrogens is 258 g/mol. The molecule has 2 rings (SSSR count). The number of nitrogens with zero attached hydrogens (tertiary/aromatic N) is 3. The molecule has 8 heteroatoms. The number of aromatic nitrogens is 2. The third-order valence-corrected chi connectivity index (χ3v) is 4.71. The molecule has 1 atom stereocenters. The molecule has 1 fully saturated rings. The lowest BCUT2D eigenvalue weighted by atomic mass is 10.2. The van der Waals surface area contributed by atoms with Crippen molar-refractivity contribution >= 4 is 15.9 Å². The van der Waals surface area contributed by atoms with Gasteiger partial charge < -0.3 is 10.0 Å². The summed E-state index contributed by atoms with van der Waals surface area (Å²) in [6.45, 7) is -0.0752. The van der Waals surface area contributed by atoms with Crippen LogP contribution in [-0.2, 0) is 9.84 Å². The van der Waals surface area contributed by atoms with Gasteiger partial charge in [0.05, 0.1) is 18.1 Å². The van der Waals surface area contributed by atoms with Crippen molar-refractivity contribution in [1.29, 1.82) is 0 Å². The second kappa shape index (κ2) is 5.07. The Morgan fingerprint density at radius 1 is 1.56 bits per heavy atom. The quantitative estimate of drug-likeness (QED) is 0.788. The average Bonchev–Trinajstić information content (AvgIpc) is 2.94. The maximum absolute atomic E-state index is 12.1. The average molecular weight is 273 g/mol. The van der Waals surface area contributed by atoms with E-state index in [1.165, 1.54) is 28.2 Å². The van der Waals surface area contributed by atoms with Crippen LogP contribution in [0.4, 0.5) is 4.79 Å². The molecule has 0 bridgehead atoms. The first-order valence-corrected chi connectivity index (χ1v) is 7.46. The van der Waals surface area contributed by atoms with Gasteiger partial charge in [-0.1, -0.05) is 0 Å². The third kappa shape index (κ3) is 2.70. The normalized spacial score (nSPS) is 21.9. The first-order chi connectivity index (χ1) is 8.53. The minimum absolute atomic E-state index is 0.0343. The second-order valence-electron chi connectivity index (χ2n) is 4.23. The van der Waals surface area contributed by atoms with Gasteiger partial charge in [-0.15, -0.1) is 0 Å². The lowest BCUT2D eigenvalue weighted by molar-refractivity contribution is 0.159. The molecule has 1 N–H and O–H groups in total. The van der Waals surface area contributed by atoms with Crippen molar-refractivity contribution in [2.45, 2.75) is 12.5 Å². The number of amides is 1. The SMILES string of the molecule is O=C(N(CCO)C1CCS(=O)(=O)C1)n1ccnc1. The third-order valence-electron chi connectivity index (χ3n) is 2.96. The molecule has 1 amide bonds. The Morgan fingerprint density at radius 3 is 2.83 bits per heavy atom. The Morgan fingerprint density at radius 2 is 2.33 bits per heavy atom. The summed E-state index contributed by atoms with van der Waals surface area (Å²) in [6, 6.07) is -0.722. The predicted octanol–water partition coefficient (Wildman–Crippen LogP) is -0.667. The van der Waals surface area contributed by atoms with Crippen LogP contribution < -0.4 is 0 Å². The molecule has 7 nitrogen and oxygen atoms in total. The molecule has 0 spiro atoms. The predicted molar refractivity (Wildman–Crippen MR) is 63.9 cm³/mol. The van der Waals surface area contributed by atoms with E-state index in [-0.39, 0.29) is 36.7 Å². The number of carbonyl (C=O) groups excluding carboxylic acids is 1. The maximum atomic E-state index is 12.1. The number of aliphatic hydroxyl groups excluding tert-OH is 1. The molecule has 1 aliphatic rings. The fourth-order valence-corrected chi connectivity index (χ4v) is 3.81. The Kier molecular flexibility index (Phi) is 3.67. The monoisotopic (exact) mass is 273 g/mol. The zero-order chi connectivity index (χ0) is 13.2. The largest absolute Gasteiger partial charge is 0.395 e. The molecule has 1 unspecified atom stereocenters. The van der Waals surface area contributed by atoms with Gasteiger partial charge in [-0.2, -0.15) is 0 Å². The number of aliphatic hydroxyl groups is 1. The van der Waals surface area contributed by atoms with E-state index in [4.69, 9.17) is 5.11 Å². The minimum Gasteiger partial charge on any atom is -0.395 e. The molecule has 18 heavy (non-hydrogen) atoms. The van der Waals surface area contributed by atoms with Gasteiger partial charge in [-0.25, -0.2) is 18.2 Å². The van der Waals surface area contributed by atoms with E-state index in [0.29, 0.717) is 6.42 Å². The van der Waals surface area contributed by atoms with Crippen molar-refractivity contribution in [3.63, 3.8) is 0 Å². The highest BCUT2D eigenvalue weighted by Crippen LogP contribution is 2.18. The summed E-state index contributed by atoms with van der Waals surface area (Å²) in [5, 5.41) is 9.01. The molecule has 1 aromatic rings. The van der Waals surface area contributed by atoms with Gasteiger partial charge in [0, 0.05) is 25.0 Å². The van der Waals surface area contributed by atoms with Gasteiger partial charge in [0.25, 0.3) is 0 Å². The lowest BCUT2D eigenvalue weighted by Gasteiger charge is -2.27. The molecular formula is C10H15N3O4S. The van der Waals surface area contributed by atoms with E-state index in [0.717, 1.165) is 0 Å². The number of imidazole rings is 1. The topological polar surface area (TPSA) is 92.5 Å². The highest BCUT2D eigenvalue weighted by Gasteiger charge is 2.34. The molecule has 0 aromatic carbocycles. The number of hydrogen-bond acceptors (Lipinski definition) is 5. The Hall–Kier alpha value is -1.41. The van der Waals surface area contributed by atoms with Crippen LogP contribution in [0.5, 0.6) is 0 Å². The smallest absolute Gasteiger partial charge is 0.329 e. The maximum Gasteiger partial charge on any atom is 0.329 e. The fraction of sp³-hybridized carbons (Fsp3) is 0.600. The highest BCUT2D eigenvalue weighted by atomic mass is 32.2. The second-order valence-corrected chi connectivity index (χ2v) is 6.46. The summed E-state index contributed by atoms with van der Waals surface area (Å²) in [4.78, 5) is 17.3. The van der Waals surface area contributed by atoms with Crippen LogP contribution in [-0.4, -0.2) is 64.7 Å². The Bertz CT molecular complexity index is 511. The number of sulfone groups is 1. The lowest BCUT2D eigenvalue weighted by Crippen LogP contribution is -2.44. The summed E-state index contributed by atoms with van der Waals surface area (Å²) in [5.41, 5.74) is 0. The first-order valence-electron chi connectivity index (χ1n) is 5.64. The van der Waals surface area contributed by atoms with Crippen LogP contribution in [0.2, 0.25) is 0 Å². The van der Waals surface area contributed by atoms with Crippen molar-refractivity contribution in [2.24, 2.45) is 0 Å². The van der Waals surface area contributed by atoms with Crippen LogP contribution >= 0.6 is 0 Å². The van der Waals surface area contributed by atoms with Gasteiger partial charge in [0.15, 0.2) is 9.84 Å². The molecule has 100 valence electrons. The van der Waals surface area contributed by atoms with E-state index in [1.807, 2.05) is 0 Å². The first kappa shape index (κ1) is 13.0. The van der Waals surface area contributed by atoms with Crippen LogP contribution in [0, 0.1) is 0 Å². The van der Waals surface area contributed by atoms with Crippen molar-refractivity contribution in [3.8, 4) is 0 Å². The molecule has 0 aliphatic carbocycles. The van der Waals surface area contributed by atoms with Gasteiger partial charge in [0.1, 0.15) is 6.33 Å². The van der Waals surface area contributed by atoms with E-state index in [2.05, 4.69) is 4.98 Å². The van der Waals surface area contributed by atoms with Gasteiger partial charge in [-0.3, -0.25) is 4.57 Å². The number of carbonyl (C=O) groups is 1.